The molecule has 2 aromatic rings. The number of esters is 1. The smallest absolute Gasteiger partial charge is 0.338 e. The van der Waals surface area contributed by atoms with E-state index in [-0.39, 0.29) is 42.4 Å². The van der Waals surface area contributed by atoms with E-state index in [0.717, 1.165) is 6.07 Å². The average Bonchev–Trinajstić information content (AvgIpc) is 3.59. The molecule has 0 aliphatic carbocycles. The molecule has 0 bridgehead atoms. The second-order valence-corrected chi connectivity index (χ2v) is 12.3. The van der Waals surface area contributed by atoms with E-state index in [4.69, 9.17) is 4.74 Å². The summed E-state index contributed by atoms with van der Waals surface area (Å²) >= 11 is 1.29. The van der Waals surface area contributed by atoms with E-state index in [0.29, 0.717) is 23.1 Å². The van der Waals surface area contributed by atoms with Crippen molar-refractivity contribution in [2.45, 2.75) is 51.4 Å². The molecular weight excluding hydrogens is 570 g/mol. The molecule has 3 aliphatic heterocycles. The fourth-order valence-electron chi connectivity index (χ4n) is 5.78. The summed E-state index contributed by atoms with van der Waals surface area (Å²) < 4.78 is 33.9. The first kappa shape index (κ1) is 29.6. The quantitative estimate of drug-likeness (QED) is 0.484. The van der Waals surface area contributed by atoms with Gasteiger partial charge in [0.2, 0.25) is 0 Å². The fraction of sp³-hybridized carbons (Fsp3) is 0.464. The molecule has 3 aliphatic rings. The molecule has 14 heteroatoms. The number of nitrogens with one attached hydrogen (secondary N) is 1. The number of methoxy groups -OCH3 is 1. The van der Waals surface area contributed by atoms with Crippen LogP contribution in [0, 0.1) is 18.6 Å². The Labute approximate surface area is 245 Å². The van der Waals surface area contributed by atoms with Crippen molar-refractivity contribution in [3.63, 3.8) is 0 Å². The van der Waals surface area contributed by atoms with Crippen molar-refractivity contribution in [3.05, 3.63) is 62.7 Å². The van der Waals surface area contributed by atoms with Crippen molar-refractivity contribution in [3.8, 4) is 0 Å². The second-order valence-electron chi connectivity index (χ2n) is 11.4. The molecule has 2 fully saturated rings. The Morgan fingerprint density at radius 2 is 1.98 bits per heavy atom. The molecule has 0 radical (unpaired) electrons. The third-order valence-corrected chi connectivity index (χ3v) is 8.68. The highest BCUT2D eigenvalue weighted by Crippen LogP contribution is 2.37. The van der Waals surface area contributed by atoms with Gasteiger partial charge in [0.25, 0.3) is 0 Å². The summed E-state index contributed by atoms with van der Waals surface area (Å²) in [6.07, 6.45) is 1.58. The minimum atomic E-state index is -1.11. The molecular formula is C28H32F2N6O5S. The van der Waals surface area contributed by atoms with Gasteiger partial charge < -0.3 is 25.0 Å². The topological polar surface area (TPSA) is 128 Å². The number of piperazine rings is 1. The number of fused-ring (bicyclic) bond motifs is 1. The van der Waals surface area contributed by atoms with Gasteiger partial charge in [-0.25, -0.2) is 23.4 Å². The molecule has 0 spiro atoms. The number of rotatable bonds is 6. The molecule has 2 saturated heterocycles. The number of urea groups is 1. The zero-order valence-electron chi connectivity index (χ0n) is 23.9. The van der Waals surface area contributed by atoms with E-state index >= 15 is 0 Å². The lowest BCUT2D eigenvalue weighted by Gasteiger charge is -2.42. The summed E-state index contributed by atoms with van der Waals surface area (Å²) in [7, 11) is 1.20. The van der Waals surface area contributed by atoms with E-state index in [2.05, 4.69) is 15.3 Å². The van der Waals surface area contributed by atoms with E-state index in [1.165, 1.54) is 31.4 Å². The van der Waals surface area contributed by atoms with Gasteiger partial charge in [0, 0.05) is 49.0 Å². The Morgan fingerprint density at radius 1 is 1.24 bits per heavy atom. The van der Waals surface area contributed by atoms with E-state index in [1.54, 1.807) is 26.3 Å². The largest absolute Gasteiger partial charge is 0.480 e. The molecule has 42 heavy (non-hydrogen) atoms. The number of thiazole rings is 1. The lowest BCUT2D eigenvalue weighted by Crippen LogP contribution is -2.62. The number of aliphatic imine (C=N–C) groups is 1. The number of ether oxygens (including phenoxy) is 1. The maximum Gasteiger partial charge on any atom is 0.338 e. The maximum atomic E-state index is 14.7. The van der Waals surface area contributed by atoms with Crippen LogP contribution in [-0.4, -0.2) is 99.5 Å². The molecule has 224 valence electrons. The van der Waals surface area contributed by atoms with Crippen LogP contribution in [0.3, 0.4) is 0 Å². The van der Waals surface area contributed by atoms with Crippen LogP contribution in [0.4, 0.5) is 13.6 Å². The summed E-state index contributed by atoms with van der Waals surface area (Å²) in [6, 6.07) is -0.645. The third kappa shape index (κ3) is 5.13. The van der Waals surface area contributed by atoms with Crippen molar-refractivity contribution in [2.24, 2.45) is 4.99 Å². The number of benzene rings is 1. The predicted octanol–water partition coefficient (Wildman–Crippen LogP) is 2.92. The normalized spacial score (nSPS) is 23.1. The Morgan fingerprint density at radius 3 is 2.60 bits per heavy atom. The van der Waals surface area contributed by atoms with Crippen LogP contribution in [-0.2, 0) is 14.3 Å². The van der Waals surface area contributed by atoms with Gasteiger partial charge in [-0.3, -0.25) is 14.7 Å². The van der Waals surface area contributed by atoms with Crippen molar-refractivity contribution < 1.29 is 33.0 Å². The van der Waals surface area contributed by atoms with Crippen LogP contribution in [0.5, 0.6) is 0 Å². The molecule has 1 aromatic heterocycles. The minimum Gasteiger partial charge on any atom is -0.480 e. The fourth-order valence-corrected chi connectivity index (χ4v) is 6.37. The van der Waals surface area contributed by atoms with Gasteiger partial charge in [0.1, 0.15) is 12.1 Å². The third-order valence-electron chi connectivity index (χ3n) is 7.90. The number of amidine groups is 1. The van der Waals surface area contributed by atoms with Crippen LogP contribution in [0.15, 0.2) is 40.0 Å². The average molecular weight is 603 g/mol. The summed E-state index contributed by atoms with van der Waals surface area (Å²) in [4.78, 5) is 53.1. The molecule has 3 atom stereocenters. The molecule has 1 aromatic carbocycles. The number of aromatic nitrogens is 1. The van der Waals surface area contributed by atoms with Crippen LogP contribution in [0.25, 0.3) is 0 Å². The standard InChI is InChI=1S/C28H32F2N6O5S/c1-14-15(6-7-16(29)20(14)30)21-19(26(39)41-5)17(32-23(33-21)24-31-8-11-42-24)12-34-9-10-35-18(22(34)25(37)38)13-36(27(35)40)28(2,3)4/h6-8,11,18,21-22H,9-10,12-13H2,1-5H3,(H,32,33)(H,37,38). The number of carboxylic acid groups (broad SMARTS) is 1. The number of halogens is 2. The minimum absolute atomic E-state index is 0.0198. The molecule has 3 unspecified atom stereocenters. The molecule has 5 rings (SSSR count). The Hall–Kier alpha value is -3.91. The molecule has 4 heterocycles. The monoisotopic (exact) mass is 602 g/mol. The number of aliphatic carboxylic acids is 1. The summed E-state index contributed by atoms with van der Waals surface area (Å²) in [5.41, 5.74) is 0.0746. The molecule has 0 saturated carbocycles. The van der Waals surface area contributed by atoms with Gasteiger partial charge in [-0.2, -0.15) is 0 Å². The number of hydrogen-bond acceptors (Lipinski definition) is 9. The Balaban J connectivity index is 1.59. The zero-order valence-corrected chi connectivity index (χ0v) is 24.7. The SMILES string of the molecule is COC(=O)C1=C(CN2CCN3C(=O)N(C(C)(C)C)CC3C2C(=O)O)NC(c2nccs2)=NC1c1ccc(F)c(F)c1C. The van der Waals surface area contributed by atoms with Crippen molar-refractivity contribution in [1.82, 2.24) is 25.0 Å². The lowest BCUT2D eigenvalue weighted by atomic mass is 9.91. The van der Waals surface area contributed by atoms with E-state index in [1.807, 2.05) is 20.8 Å². The number of hydrogen-bond donors (Lipinski definition) is 2. The molecule has 2 N–H and O–H groups in total. The van der Waals surface area contributed by atoms with E-state index < -0.39 is 47.2 Å². The van der Waals surface area contributed by atoms with Crippen LogP contribution in [0.1, 0.15) is 42.9 Å². The van der Waals surface area contributed by atoms with Gasteiger partial charge in [0.15, 0.2) is 22.5 Å². The predicted molar refractivity (Wildman–Crippen MR) is 150 cm³/mol. The zero-order chi connectivity index (χ0) is 30.5. The number of amides is 2. The van der Waals surface area contributed by atoms with Gasteiger partial charge in [-0.1, -0.05) is 6.07 Å². The highest BCUT2D eigenvalue weighted by atomic mass is 32.1. The van der Waals surface area contributed by atoms with Crippen LogP contribution >= 0.6 is 11.3 Å². The molecule has 11 nitrogen and oxygen atoms in total. The first-order valence-electron chi connectivity index (χ1n) is 13.4. The number of carbonyl (C=O) groups is 3. The highest BCUT2D eigenvalue weighted by molar-refractivity contribution is 7.11. The second kappa shape index (κ2) is 11.1. The first-order chi connectivity index (χ1) is 19.8. The van der Waals surface area contributed by atoms with Crippen LogP contribution in [0.2, 0.25) is 0 Å². The Bertz CT molecular complexity index is 1490. The van der Waals surface area contributed by atoms with Gasteiger partial charge in [-0.05, 0) is 44.9 Å². The Kier molecular flexibility index (Phi) is 7.79. The number of carboxylic acids is 1. The number of carbonyl (C=O) groups excluding carboxylic acids is 2. The van der Waals surface area contributed by atoms with Gasteiger partial charge in [0.05, 0.1) is 18.7 Å². The number of nitrogens with zero attached hydrogens (tertiary/aromatic N) is 5. The van der Waals surface area contributed by atoms with Crippen LogP contribution < -0.4 is 5.32 Å². The van der Waals surface area contributed by atoms with E-state index in [9.17, 15) is 28.3 Å². The van der Waals surface area contributed by atoms with Crippen molar-refractivity contribution in [1.29, 1.82) is 0 Å². The summed E-state index contributed by atoms with van der Waals surface area (Å²) in [5.74, 6) is -3.66. The van der Waals surface area contributed by atoms with Gasteiger partial charge in [-0.15, -0.1) is 11.3 Å². The lowest BCUT2D eigenvalue weighted by molar-refractivity contribution is -0.147. The highest BCUT2D eigenvalue weighted by Gasteiger charge is 2.52. The van der Waals surface area contributed by atoms with Crippen molar-refractivity contribution >= 4 is 35.1 Å². The van der Waals surface area contributed by atoms with Gasteiger partial charge >= 0.3 is 18.0 Å². The summed E-state index contributed by atoms with van der Waals surface area (Å²) in [5, 5.41) is 15.8. The summed E-state index contributed by atoms with van der Waals surface area (Å²) in [6.45, 7) is 7.80. The van der Waals surface area contributed by atoms with Crippen molar-refractivity contribution in [2.75, 3.05) is 33.3 Å². The maximum absolute atomic E-state index is 14.7. The molecule has 2 amide bonds. The first-order valence-corrected chi connectivity index (χ1v) is 14.3.